The predicted molar refractivity (Wildman–Crippen MR) is 86.0 cm³/mol. The van der Waals surface area contributed by atoms with Gasteiger partial charge in [0.25, 0.3) is 0 Å². The molecule has 0 aromatic heterocycles. The molecule has 0 saturated carbocycles. The standard InChI is InChI=1S/C19H21FO3/c20-18-16(19(14-21)9-11-22-12-10-19)7-4-8-17(18)23-13-15-5-2-1-3-6-15/h1-8,21H,9-14H2. The summed E-state index contributed by atoms with van der Waals surface area (Å²) in [7, 11) is 0. The molecule has 3 nitrogen and oxygen atoms in total. The van der Waals surface area contributed by atoms with Crippen LogP contribution in [-0.4, -0.2) is 24.9 Å². The maximum absolute atomic E-state index is 14.9. The quantitative estimate of drug-likeness (QED) is 0.918. The Kier molecular flexibility index (Phi) is 4.94. The van der Waals surface area contributed by atoms with E-state index < -0.39 is 5.41 Å². The SMILES string of the molecule is OCC1(c2cccc(OCc3ccccc3)c2F)CCOCC1. The van der Waals surface area contributed by atoms with Gasteiger partial charge < -0.3 is 14.6 Å². The fourth-order valence-electron chi connectivity index (χ4n) is 3.04. The summed E-state index contributed by atoms with van der Waals surface area (Å²) >= 11 is 0. The number of benzene rings is 2. The number of hydrogen-bond donors (Lipinski definition) is 1. The number of aliphatic hydroxyl groups excluding tert-OH is 1. The third kappa shape index (κ3) is 3.38. The van der Waals surface area contributed by atoms with Crippen LogP contribution in [0.1, 0.15) is 24.0 Å². The first-order valence-corrected chi connectivity index (χ1v) is 7.89. The fourth-order valence-corrected chi connectivity index (χ4v) is 3.04. The molecule has 0 spiro atoms. The van der Waals surface area contributed by atoms with Crippen molar-refractivity contribution in [2.45, 2.75) is 24.9 Å². The van der Waals surface area contributed by atoms with E-state index in [1.807, 2.05) is 30.3 Å². The summed E-state index contributed by atoms with van der Waals surface area (Å²) in [6, 6.07) is 14.8. The van der Waals surface area contributed by atoms with E-state index in [2.05, 4.69) is 0 Å². The van der Waals surface area contributed by atoms with Crippen molar-refractivity contribution in [3.63, 3.8) is 0 Å². The van der Waals surface area contributed by atoms with Crippen LogP contribution in [0.4, 0.5) is 4.39 Å². The van der Waals surface area contributed by atoms with E-state index in [0.717, 1.165) is 5.56 Å². The highest BCUT2D eigenvalue weighted by Gasteiger charge is 2.36. The summed E-state index contributed by atoms with van der Waals surface area (Å²) in [5.74, 6) is -0.148. The average molecular weight is 316 g/mol. The Morgan fingerprint density at radius 1 is 1.04 bits per heavy atom. The van der Waals surface area contributed by atoms with E-state index in [9.17, 15) is 9.50 Å². The van der Waals surface area contributed by atoms with Crippen LogP contribution in [0, 0.1) is 5.82 Å². The normalized spacial score (nSPS) is 17.0. The van der Waals surface area contributed by atoms with Crippen molar-refractivity contribution in [1.29, 1.82) is 0 Å². The Hall–Kier alpha value is -1.91. The van der Waals surface area contributed by atoms with E-state index in [0.29, 0.717) is 38.2 Å². The maximum atomic E-state index is 14.9. The zero-order valence-corrected chi connectivity index (χ0v) is 13.0. The summed E-state index contributed by atoms with van der Waals surface area (Å²) < 4.78 is 25.9. The second-order valence-corrected chi connectivity index (χ2v) is 5.94. The molecule has 0 unspecified atom stereocenters. The Labute approximate surface area is 135 Å². The molecule has 1 heterocycles. The lowest BCUT2D eigenvalue weighted by atomic mass is 9.74. The van der Waals surface area contributed by atoms with Crippen LogP contribution in [0.3, 0.4) is 0 Å². The summed E-state index contributed by atoms with van der Waals surface area (Å²) in [6.45, 7) is 1.30. The van der Waals surface area contributed by atoms with Gasteiger partial charge in [-0.05, 0) is 24.5 Å². The zero-order valence-electron chi connectivity index (χ0n) is 13.0. The Bertz CT molecular complexity index is 636. The largest absolute Gasteiger partial charge is 0.486 e. The van der Waals surface area contributed by atoms with Crippen molar-refractivity contribution in [2.75, 3.05) is 19.8 Å². The van der Waals surface area contributed by atoms with E-state index in [1.54, 1.807) is 18.2 Å². The van der Waals surface area contributed by atoms with Gasteiger partial charge in [0, 0.05) is 24.2 Å². The van der Waals surface area contributed by atoms with Crippen LogP contribution in [0.15, 0.2) is 48.5 Å². The lowest BCUT2D eigenvalue weighted by Crippen LogP contribution is -2.38. The maximum Gasteiger partial charge on any atom is 0.168 e. The number of aliphatic hydroxyl groups is 1. The first-order valence-electron chi connectivity index (χ1n) is 7.89. The van der Waals surface area contributed by atoms with Gasteiger partial charge in [0.15, 0.2) is 11.6 Å². The molecule has 1 aliphatic heterocycles. The minimum absolute atomic E-state index is 0.0879. The van der Waals surface area contributed by atoms with Crippen molar-refractivity contribution in [1.82, 2.24) is 0 Å². The molecule has 0 amide bonds. The molecule has 4 heteroatoms. The second kappa shape index (κ2) is 7.11. The van der Waals surface area contributed by atoms with Gasteiger partial charge in [-0.25, -0.2) is 4.39 Å². The van der Waals surface area contributed by atoms with Crippen LogP contribution in [0.25, 0.3) is 0 Å². The molecular formula is C19H21FO3. The van der Waals surface area contributed by atoms with Gasteiger partial charge in [-0.2, -0.15) is 0 Å². The minimum Gasteiger partial charge on any atom is -0.486 e. The topological polar surface area (TPSA) is 38.7 Å². The van der Waals surface area contributed by atoms with E-state index >= 15 is 0 Å². The molecule has 2 aromatic rings. The lowest BCUT2D eigenvalue weighted by molar-refractivity contribution is 0.0236. The molecule has 1 saturated heterocycles. The Balaban J connectivity index is 1.83. The van der Waals surface area contributed by atoms with Crippen LogP contribution in [0.5, 0.6) is 5.75 Å². The van der Waals surface area contributed by atoms with Crippen molar-refractivity contribution >= 4 is 0 Å². The van der Waals surface area contributed by atoms with E-state index in [1.165, 1.54) is 0 Å². The predicted octanol–water partition coefficient (Wildman–Crippen LogP) is 3.45. The molecule has 2 aromatic carbocycles. The first kappa shape index (κ1) is 16.0. The van der Waals surface area contributed by atoms with Crippen LogP contribution >= 0.6 is 0 Å². The van der Waals surface area contributed by atoms with E-state index in [4.69, 9.17) is 9.47 Å². The van der Waals surface area contributed by atoms with Gasteiger partial charge in [0.2, 0.25) is 0 Å². The van der Waals surface area contributed by atoms with Gasteiger partial charge in [0.1, 0.15) is 6.61 Å². The average Bonchev–Trinajstić information content (AvgIpc) is 2.62. The molecule has 122 valence electrons. The number of ether oxygens (including phenoxy) is 2. The molecule has 23 heavy (non-hydrogen) atoms. The molecule has 0 aliphatic carbocycles. The van der Waals surface area contributed by atoms with Gasteiger partial charge in [0.05, 0.1) is 6.61 Å². The van der Waals surface area contributed by atoms with Gasteiger partial charge in [-0.15, -0.1) is 0 Å². The van der Waals surface area contributed by atoms with E-state index in [-0.39, 0.29) is 18.2 Å². The first-order chi connectivity index (χ1) is 11.2. The number of hydrogen-bond acceptors (Lipinski definition) is 3. The van der Waals surface area contributed by atoms with Crippen LogP contribution in [-0.2, 0) is 16.8 Å². The summed E-state index contributed by atoms with van der Waals surface area (Å²) in [5.41, 5.74) is 0.933. The molecule has 0 atom stereocenters. The number of rotatable bonds is 5. The second-order valence-electron chi connectivity index (χ2n) is 5.94. The molecule has 0 bridgehead atoms. The third-order valence-electron chi connectivity index (χ3n) is 4.52. The Morgan fingerprint density at radius 2 is 1.78 bits per heavy atom. The molecular weight excluding hydrogens is 295 g/mol. The van der Waals surface area contributed by atoms with Crippen LogP contribution in [0.2, 0.25) is 0 Å². The van der Waals surface area contributed by atoms with Crippen LogP contribution < -0.4 is 4.74 Å². The highest BCUT2D eigenvalue weighted by molar-refractivity contribution is 5.37. The molecule has 1 fully saturated rings. The lowest BCUT2D eigenvalue weighted by Gasteiger charge is -2.36. The fraction of sp³-hybridized carbons (Fsp3) is 0.368. The smallest absolute Gasteiger partial charge is 0.168 e. The summed E-state index contributed by atoms with van der Waals surface area (Å²) in [5, 5.41) is 9.86. The molecule has 3 rings (SSSR count). The van der Waals surface area contributed by atoms with Crippen molar-refractivity contribution < 1.29 is 19.0 Å². The number of halogens is 1. The molecule has 0 radical (unpaired) electrons. The van der Waals surface area contributed by atoms with Gasteiger partial charge in [-0.1, -0.05) is 42.5 Å². The highest BCUT2D eigenvalue weighted by Crippen LogP contribution is 2.38. The van der Waals surface area contributed by atoms with Crippen molar-refractivity contribution in [3.05, 3.63) is 65.5 Å². The van der Waals surface area contributed by atoms with Crippen molar-refractivity contribution in [3.8, 4) is 5.75 Å². The summed E-state index contributed by atoms with van der Waals surface area (Å²) in [6.07, 6.45) is 1.23. The Morgan fingerprint density at radius 3 is 2.48 bits per heavy atom. The molecule has 1 N–H and O–H groups in total. The minimum atomic E-state index is -0.575. The summed E-state index contributed by atoms with van der Waals surface area (Å²) in [4.78, 5) is 0. The monoisotopic (exact) mass is 316 g/mol. The van der Waals surface area contributed by atoms with Gasteiger partial charge in [-0.3, -0.25) is 0 Å². The third-order valence-corrected chi connectivity index (χ3v) is 4.52. The zero-order chi connectivity index (χ0) is 16.1. The molecule has 1 aliphatic rings. The highest BCUT2D eigenvalue weighted by atomic mass is 19.1. The van der Waals surface area contributed by atoms with Crippen molar-refractivity contribution in [2.24, 2.45) is 0 Å². The van der Waals surface area contributed by atoms with Gasteiger partial charge >= 0.3 is 0 Å².